The fraction of sp³-hybridized carbons (Fsp3) is 0.938. The minimum absolute atomic E-state index is 0.0782. The molecule has 116 valence electrons. The number of esters is 1. The molecule has 4 nitrogen and oxygen atoms in total. The van der Waals surface area contributed by atoms with Gasteiger partial charge in [0.05, 0.1) is 12.5 Å². The molecule has 0 radical (unpaired) electrons. The summed E-state index contributed by atoms with van der Waals surface area (Å²) in [6, 6.07) is 0.547. The first-order valence-corrected chi connectivity index (χ1v) is 7.97. The molecule has 2 aliphatic rings. The Kier molecular flexibility index (Phi) is 5.44. The average Bonchev–Trinajstić information content (AvgIpc) is 2.48. The quantitative estimate of drug-likeness (QED) is 0.805. The van der Waals surface area contributed by atoms with Crippen molar-refractivity contribution in [1.29, 1.82) is 0 Å². The Hall–Kier alpha value is -0.610. The number of methoxy groups -OCH3 is 1. The van der Waals surface area contributed by atoms with Crippen molar-refractivity contribution in [1.82, 2.24) is 5.32 Å². The van der Waals surface area contributed by atoms with Crippen LogP contribution in [0.1, 0.15) is 46.0 Å². The summed E-state index contributed by atoms with van der Waals surface area (Å²) in [4.78, 5) is 12.2. The van der Waals surface area contributed by atoms with Crippen LogP contribution in [0.4, 0.5) is 0 Å². The first-order chi connectivity index (χ1) is 9.57. The van der Waals surface area contributed by atoms with Crippen molar-refractivity contribution in [2.45, 2.75) is 52.0 Å². The third-order valence-corrected chi connectivity index (χ3v) is 5.40. The molecule has 0 aromatic carbocycles. The van der Waals surface area contributed by atoms with Gasteiger partial charge in [0.2, 0.25) is 0 Å². The summed E-state index contributed by atoms with van der Waals surface area (Å²) in [5.41, 5.74) is -0.376. The predicted octanol–water partition coefficient (Wildman–Crippen LogP) is 2.37. The molecule has 2 rings (SSSR count). The Labute approximate surface area is 122 Å². The van der Waals surface area contributed by atoms with Crippen molar-refractivity contribution in [3.8, 4) is 0 Å². The normalized spacial score (nSPS) is 33.6. The molecule has 3 atom stereocenters. The van der Waals surface area contributed by atoms with Crippen molar-refractivity contribution in [3.05, 3.63) is 0 Å². The SMILES string of the molecule is COC(=O)C1(CN[C@@H]2CC[C@@H](C)[C@H](C)C2)CCOCC1. The van der Waals surface area contributed by atoms with Gasteiger partial charge in [0.25, 0.3) is 0 Å². The van der Waals surface area contributed by atoms with E-state index >= 15 is 0 Å². The van der Waals surface area contributed by atoms with E-state index in [9.17, 15) is 4.79 Å². The van der Waals surface area contributed by atoms with E-state index in [1.54, 1.807) is 0 Å². The van der Waals surface area contributed by atoms with E-state index in [1.165, 1.54) is 26.4 Å². The van der Waals surface area contributed by atoms with Crippen LogP contribution in [0, 0.1) is 17.3 Å². The van der Waals surface area contributed by atoms with Crippen LogP contribution in [0.5, 0.6) is 0 Å². The molecule has 1 saturated carbocycles. The number of nitrogens with one attached hydrogen (secondary N) is 1. The topological polar surface area (TPSA) is 47.6 Å². The zero-order chi connectivity index (χ0) is 14.6. The number of rotatable bonds is 4. The zero-order valence-corrected chi connectivity index (χ0v) is 13.1. The third kappa shape index (κ3) is 3.53. The standard InChI is InChI=1S/C16H29NO3/c1-12-4-5-14(10-13(12)2)17-11-16(15(18)19-3)6-8-20-9-7-16/h12-14,17H,4-11H2,1-3H3/t12-,13-,14-/m1/s1. The summed E-state index contributed by atoms with van der Waals surface area (Å²) >= 11 is 0. The maximum Gasteiger partial charge on any atom is 0.313 e. The van der Waals surface area contributed by atoms with Crippen molar-refractivity contribution < 1.29 is 14.3 Å². The molecule has 0 aromatic heterocycles. The van der Waals surface area contributed by atoms with Crippen LogP contribution >= 0.6 is 0 Å². The first-order valence-electron chi connectivity index (χ1n) is 7.97. The van der Waals surface area contributed by atoms with Gasteiger partial charge in [0.1, 0.15) is 0 Å². The number of carbonyl (C=O) groups is 1. The van der Waals surface area contributed by atoms with E-state index in [4.69, 9.17) is 9.47 Å². The lowest BCUT2D eigenvalue weighted by molar-refractivity contribution is -0.158. The summed E-state index contributed by atoms with van der Waals surface area (Å²) in [7, 11) is 1.49. The summed E-state index contributed by atoms with van der Waals surface area (Å²) < 4.78 is 10.4. The fourth-order valence-electron chi connectivity index (χ4n) is 3.50. The molecule has 1 aliphatic carbocycles. The molecule has 2 fully saturated rings. The van der Waals surface area contributed by atoms with Crippen LogP contribution in [0.2, 0.25) is 0 Å². The van der Waals surface area contributed by atoms with Crippen LogP contribution in [0.25, 0.3) is 0 Å². The summed E-state index contributed by atoms with van der Waals surface area (Å²) in [6.45, 7) is 6.73. The van der Waals surface area contributed by atoms with Crippen LogP contribution < -0.4 is 5.32 Å². The molecule has 0 unspecified atom stereocenters. The number of hydrogen-bond acceptors (Lipinski definition) is 4. The number of hydrogen-bond donors (Lipinski definition) is 1. The molecule has 1 aliphatic heterocycles. The molecule has 1 heterocycles. The highest BCUT2D eigenvalue weighted by atomic mass is 16.5. The molecule has 0 spiro atoms. The van der Waals surface area contributed by atoms with Crippen molar-refractivity contribution >= 4 is 5.97 Å². The molecule has 20 heavy (non-hydrogen) atoms. The van der Waals surface area contributed by atoms with E-state index < -0.39 is 0 Å². The molecule has 4 heteroatoms. The van der Waals surface area contributed by atoms with E-state index in [2.05, 4.69) is 19.2 Å². The van der Waals surface area contributed by atoms with E-state index in [0.717, 1.165) is 31.2 Å². The third-order valence-electron chi connectivity index (χ3n) is 5.40. The smallest absolute Gasteiger partial charge is 0.313 e. The Bertz CT molecular complexity index is 326. The van der Waals surface area contributed by atoms with Crippen LogP contribution in [0.3, 0.4) is 0 Å². The fourth-order valence-corrected chi connectivity index (χ4v) is 3.50. The largest absolute Gasteiger partial charge is 0.469 e. The Balaban J connectivity index is 1.90. The molecular formula is C16H29NO3. The summed E-state index contributed by atoms with van der Waals surface area (Å²) in [5.74, 6) is 1.52. The predicted molar refractivity (Wildman–Crippen MR) is 78.5 cm³/mol. The second-order valence-electron chi connectivity index (χ2n) is 6.73. The van der Waals surface area contributed by atoms with Gasteiger partial charge in [0.15, 0.2) is 0 Å². The number of carbonyl (C=O) groups excluding carboxylic acids is 1. The Morgan fingerprint density at radius 2 is 1.95 bits per heavy atom. The van der Waals surface area contributed by atoms with Gasteiger partial charge in [-0.3, -0.25) is 4.79 Å². The maximum absolute atomic E-state index is 12.2. The summed E-state index contributed by atoms with van der Waals surface area (Å²) in [5, 5.41) is 3.64. The van der Waals surface area contributed by atoms with Gasteiger partial charge in [-0.05, 0) is 43.9 Å². The molecule has 1 saturated heterocycles. The number of ether oxygens (including phenoxy) is 2. The monoisotopic (exact) mass is 283 g/mol. The van der Waals surface area contributed by atoms with Crippen LogP contribution in [-0.2, 0) is 14.3 Å². The molecule has 1 N–H and O–H groups in total. The van der Waals surface area contributed by atoms with Crippen molar-refractivity contribution in [2.24, 2.45) is 17.3 Å². The average molecular weight is 283 g/mol. The maximum atomic E-state index is 12.2. The van der Waals surface area contributed by atoms with E-state index in [1.807, 2.05) is 0 Å². The highest BCUT2D eigenvalue weighted by Gasteiger charge is 2.41. The Morgan fingerprint density at radius 3 is 2.55 bits per heavy atom. The van der Waals surface area contributed by atoms with Gasteiger partial charge in [-0.1, -0.05) is 13.8 Å². The van der Waals surface area contributed by atoms with Crippen molar-refractivity contribution in [2.75, 3.05) is 26.9 Å². The molecule has 0 amide bonds. The molecule has 0 bridgehead atoms. The van der Waals surface area contributed by atoms with E-state index in [0.29, 0.717) is 19.3 Å². The lowest BCUT2D eigenvalue weighted by atomic mass is 9.77. The van der Waals surface area contributed by atoms with Gasteiger partial charge in [-0.25, -0.2) is 0 Å². The van der Waals surface area contributed by atoms with Gasteiger partial charge in [0, 0.05) is 25.8 Å². The Morgan fingerprint density at radius 1 is 1.25 bits per heavy atom. The second kappa shape index (κ2) is 6.90. The van der Waals surface area contributed by atoms with Gasteiger partial charge < -0.3 is 14.8 Å². The van der Waals surface area contributed by atoms with Crippen molar-refractivity contribution in [3.63, 3.8) is 0 Å². The highest BCUT2D eigenvalue weighted by molar-refractivity contribution is 5.77. The molecule has 0 aromatic rings. The minimum atomic E-state index is -0.376. The highest BCUT2D eigenvalue weighted by Crippen LogP contribution is 2.33. The van der Waals surface area contributed by atoms with Gasteiger partial charge >= 0.3 is 5.97 Å². The lowest BCUT2D eigenvalue weighted by Crippen LogP contribution is -2.49. The van der Waals surface area contributed by atoms with Crippen LogP contribution in [-0.4, -0.2) is 38.9 Å². The first kappa shape index (κ1) is 15.8. The van der Waals surface area contributed by atoms with E-state index in [-0.39, 0.29) is 11.4 Å². The zero-order valence-electron chi connectivity index (χ0n) is 13.1. The second-order valence-corrected chi connectivity index (χ2v) is 6.73. The molecular weight excluding hydrogens is 254 g/mol. The van der Waals surface area contributed by atoms with Gasteiger partial charge in [-0.15, -0.1) is 0 Å². The van der Waals surface area contributed by atoms with Crippen LogP contribution in [0.15, 0.2) is 0 Å². The minimum Gasteiger partial charge on any atom is -0.469 e. The lowest BCUT2D eigenvalue weighted by Gasteiger charge is -2.38. The van der Waals surface area contributed by atoms with Gasteiger partial charge in [-0.2, -0.15) is 0 Å². The summed E-state index contributed by atoms with van der Waals surface area (Å²) in [6.07, 6.45) is 5.26.